The van der Waals surface area contributed by atoms with Crippen LogP contribution in [-0.4, -0.2) is 42.4 Å². The van der Waals surface area contributed by atoms with Crippen LogP contribution in [0.3, 0.4) is 0 Å². The number of nitrogens with zero attached hydrogens (tertiary/aromatic N) is 2. The van der Waals surface area contributed by atoms with Gasteiger partial charge in [0.1, 0.15) is 10.7 Å². The molecule has 0 aromatic carbocycles. The van der Waals surface area contributed by atoms with Gasteiger partial charge in [-0.05, 0) is 26.0 Å². The molecule has 22 heavy (non-hydrogen) atoms. The Kier molecular flexibility index (Phi) is 4.67. The first kappa shape index (κ1) is 16.2. The Bertz CT molecular complexity index is 730. The van der Waals surface area contributed by atoms with E-state index >= 15 is 0 Å². The molecule has 2 N–H and O–H groups in total. The summed E-state index contributed by atoms with van der Waals surface area (Å²) in [4.78, 5) is 12.0. The van der Waals surface area contributed by atoms with Crippen molar-refractivity contribution in [2.45, 2.75) is 25.3 Å². The van der Waals surface area contributed by atoms with Crippen LogP contribution in [0.25, 0.3) is 0 Å². The normalized spacial score (nSPS) is 11.8. The van der Waals surface area contributed by atoms with Gasteiger partial charge < -0.3 is 9.73 Å². The van der Waals surface area contributed by atoms with Crippen molar-refractivity contribution in [3.8, 4) is 0 Å². The molecule has 0 saturated heterocycles. The van der Waals surface area contributed by atoms with Crippen LogP contribution in [0, 0.1) is 13.8 Å². The summed E-state index contributed by atoms with van der Waals surface area (Å²) in [6, 6.07) is 3.43. The van der Waals surface area contributed by atoms with Gasteiger partial charge in [-0.3, -0.25) is 9.89 Å². The van der Waals surface area contributed by atoms with Crippen molar-refractivity contribution < 1.29 is 17.6 Å². The lowest BCUT2D eigenvalue weighted by atomic mass is 10.4. The summed E-state index contributed by atoms with van der Waals surface area (Å²) in [6.07, 6.45) is 1.50. The Morgan fingerprint density at radius 3 is 2.73 bits per heavy atom. The Morgan fingerprint density at radius 1 is 1.45 bits per heavy atom. The van der Waals surface area contributed by atoms with Gasteiger partial charge >= 0.3 is 0 Å². The molecule has 0 spiro atoms. The van der Waals surface area contributed by atoms with Crippen LogP contribution >= 0.6 is 0 Å². The van der Waals surface area contributed by atoms with Crippen LogP contribution in [0.1, 0.15) is 17.1 Å². The highest BCUT2D eigenvalue weighted by Gasteiger charge is 2.28. The van der Waals surface area contributed by atoms with Gasteiger partial charge in [0.05, 0.1) is 30.7 Å². The number of carbonyl (C=O) groups is 1. The van der Waals surface area contributed by atoms with Crippen molar-refractivity contribution >= 4 is 15.9 Å². The molecule has 0 aliphatic heterocycles. The highest BCUT2D eigenvalue weighted by Crippen LogP contribution is 2.20. The average Bonchev–Trinajstić information content (AvgIpc) is 3.06. The molecule has 1 amide bonds. The zero-order valence-corrected chi connectivity index (χ0v) is 13.4. The molecule has 9 heteroatoms. The lowest BCUT2D eigenvalue weighted by molar-refractivity contribution is -0.121. The number of amides is 1. The van der Waals surface area contributed by atoms with Gasteiger partial charge in [-0.1, -0.05) is 0 Å². The van der Waals surface area contributed by atoms with Crippen LogP contribution in [0.2, 0.25) is 0 Å². The van der Waals surface area contributed by atoms with E-state index in [2.05, 4.69) is 15.5 Å². The summed E-state index contributed by atoms with van der Waals surface area (Å²) in [7, 11) is -2.41. The molecular weight excluding hydrogens is 308 g/mol. The molecule has 120 valence electrons. The highest BCUT2D eigenvalue weighted by atomic mass is 32.2. The molecule has 8 nitrogen and oxygen atoms in total. The third-order valence-electron chi connectivity index (χ3n) is 3.13. The number of aryl methyl sites for hydroxylation is 2. The van der Waals surface area contributed by atoms with Gasteiger partial charge in [-0.15, -0.1) is 0 Å². The van der Waals surface area contributed by atoms with Crippen LogP contribution < -0.4 is 5.32 Å². The van der Waals surface area contributed by atoms with Crippen LogP contribution in [0.4, 0.5) is 0 Å². The number of hydrogen-bond donors (Lipinski definition) is 2. The van der Waals surface area contributed by atoms with E-state index in [4.69, 9.17) is 4.42 Å². The molecule has 0 aliphatic carbocycles. The Hall–Kier alpha value is -2.13. The second-order valence-electron chi connectivity index (χ2n) is 4.88. The van der Waals surface area contributed by atoms with E-state index in [1.807, 2.05) is 0 Å². The number of furan rings is 1. The molecule has 2 rings (SSSR count). The van der Waals surface area contributed by atoms with Crippen LogP contribution in [0.5, 0.6) is 0 Å². The third-order valence-corrected chi connectivity index (χ3v) is 5.20. The number of likely N-dealkylation sites (N-methyl/N-ethyl adjacent to an activating group) is 1. The maximum Gasteiger partial charge on any atom is 0.246 e. The lowest BCUT2D eigenvalue weighted by Gasteiger charge is -2.16. The molecule has 0 atom stereocenters. The second-order valence-corrected chi connectivity index (χ2v) is 6.86. The molecule has 0 fully saturated rings. The zero-order valence-electron chi connectivity index (χ0n) is 12.6. The molecule has 0 saturated carbocycles. The first-order valence-electron chi connectivity index (χ1n) is 6.59. The van der Waals surface area contributed by atoms with Crippen molar-refractivity contribution in [1.82, 2.24) is 19.8 Å². The van der Waals surface area contributed by atoms with Crippen molar-refractivity contribution in [3.63, 3.8) is 0 Å². The topological polar surface area (TPSA) is 108 Å². The Morgan fingerprint density at radius 2 is 2.18 bits per heavy atom. The summed E-state index contributed by atoms with van der Waals surface area (Å²) in [6.45, 7) is 3.15. The molecule has 0 bridgehead atoms. The molecule has 2 aromatic rings. The monoisotopic (exact) mass is 326 g/mol. The van der Waals surface area contributed by atoms with E-state index in [-0.39, 0.29) is 18.0 Å². The van der Waals surface area contributed by atoms with E-state index in [1.165, 1.54) is 13.3 Å². The fourth-order valence-electron chi connectivity index (χ4n) is 2.02. The van der Waals surface area contributed by atoms with Crippen molar-refractivity contribution in [3.05, 3.63) is 35.5 Å². The number of hydrogen-bond acceptors (Lipinski definition) is 5. The van der Waals surface area contributed by atoms with E-state index in [1.54, 1.807) is 26.0 Å². The maximum absolute atomic E-state index is 12.5. The Balaban J connectivity index is 2.01. The second kappa shape index (κ2) is 6.32. The largest absolute Gasteiger partial charge is 0.467 e. The van der Waals surface area contributed by atoms with Crippen molar-refractivity contribution in [2.75, 3.05) is 13.6 Å². The summed E-state index contributed by atoms with van der Waals surface area (Å²) >= 11 is 0. The quantitative estimate of drug-likeness (QED) is 0.806. The summed E-state index contributed by atoms with van der Waals surface area (Å²) in [5, 5.41) is 9.10. The minimum atomic E-state index is -3.77. The van der Waals surface area contributed by atoms with E-state index in [9.17, 15) is 13.2 Å². The zero-order chi connectivity index (χ0) is 16.3. The van der Waals surface area contributed by atoms with Gasteiger partial charge in [0, 0.05) is 7.05 Å². The molecular formula is C13H18N4O4S. The molecule has 2 heterocycles. The van der Waals surface area contributed by atoms with Gasteiger partial charge in [-0.2, -0.15) is 9.40 Å². The maximum atomic E-state index is 12.5. The summed E-state index contributed by atoms with van der Waals surface area (Å²) in [5.74, 6) is 0.182. The van der Waals surface area contributed by atoms with Gasteiger partial charge in [0.15, 0.2) is 0 Å². The number of aromatic nitrogens is 2. The smallest absolute Gasteiger partial charge is 0.246 e. The summed E-state index contributed by atoms with van der Waals surface area (Å²) in [5.41, 5.74) is 0.820. The standard InChI is InChI=1S/C13H18N4O4S/c1-9-13(10(2)16-15-9)22(19,20)17(3)8-12(18)14-7-11-5-4-6-21-11/h4-6H,7-8H2,1-3H3,(H,14,18)(H,15,16). The number of aromatic amines is 1. The molecule has 2 aromatic heterocycles. The highest BCUT2D eigenvalue weighted by molar-refractivity contribution is 7.89. The lowest BCUT2D eigenvalue weighted by Crippen LogP contribution is -2.38. The number of carbonyl (C=O) groups excluding carboxylic acids is 1. The predicted octanol–water partition coefficient (Wildman–Crippen LogP) is 0.556. The number of sulfonamides is 1. The number of H-pyrrole nitrogens is 1. The van der Waals surface area contributed by atoms with Crippen LogP contribution in [0.15, 0.2) is 27.7 Å². The van der Waals surface area contributed by atoms with Gasteiger partial charge in [0.25, 0.3) is 0 Å². The Labute approximate surface area is 128 Å². The SMILES string of the molecule is Cc1n[nH]c(C)c1S(=O)(=O)N(C)CC(=O)NCc1ccco1. The van der Waals surface area contributed by atoms with Crippen molar-refractivity contribution in [1.29, 1.82) is 0 Å². The first-order valence-corrected chi connectivity index (χ1v) is 8.03. The van der Waals surface area contributed by atoms with Gasteiger partial charge in [-0.25, -0.2) is 8.42 Å². The van der Waals surface area contributed by atoms with Crippen LogP contribution in [-0.2, 0) is 21.4 Å². The number of rotatable bonds is 6. The van der Waals surface area contributed by atoms with Crippen molar-refractivity contribution in [2.24, 2.45) is 0 Å². The fourth-order valence-corrected chi connectivity index (χ4v) is 3.47. The molecule has 0 radical (unpaired) electrons. The van der Waals surface area contributed by atoms with Gasteiger partial charge in [0.2, 0.25) is 15.9 Å². The molecule has 0 unspecified atom stereocenters. The van der Waals surface area contributed by atoms with E-state index in [0.29, 0.717) is 17.1 Å². The van der Waals surface area contributed by atoms with E-state index < -0.39 is 15.9 Å². The fraction of sp³-hybridized carbons (Fsp3) is 0.385. The van der Waals surface area contributed by atoms with E-state index in [0.717, 1.165) is 4.31 Å². The molecule has 0 aliphatic rings. The predicted molar refractivity (Wildman–Crippen MR) is 78.4 cm³/mol. The minimum Gasteiger partial charge on any atom is -0.467 e. The average molecular weight is 326 g/mol. The number of nitrogens with one attached hydrogen (secondary N) is 2. The first-order chi connectivity index (χ1) is 10.3. The summed E-state index contributed by atoms with van der Waals surface area (Å²) < 4.78 is 31.0. The minimum absolute atomic E-state index is 0.105. The third kappa shape index (κ3) is 3.37.